The van der Waals surface area contributed by atoms with E-state index in [1.807, 2.05) is 27.7 Å². The van der Waals surface area contributed by atoms with Crippen molar-refractivity contribution in [2.45, 2.75) is 27.7 Å². The Hall–Kier alpha value is -1.88. The van der Waals surface area contributed by atoms with Crippen LogP contribution in [0.4, 0.5) is 5.69 Å². The van der Waals surface area contributed by atoms with Crippen LogP contribution in [-0.4, -0.2) is 30.1 Å². The fourth-order valence-electron chi connectivity index (χ4n) is 1.49. The molecule has 1 rings (SSSR count). The van der Waals surface area contributed by atoms with E-state index in [-0.39, 0.29) is 24.3 Å². The highest BCUT2D eigenvalue weighted by Crippen LogP contribution is 2.18. The lowest BCUT2D eigenvalue weighted by molar-refractivity contribution is -0.123. The van der Waals surface area contributed by atoms with Gasteiger partial charge < -0.3 is 15.7 Å². The summed E-state index contributed by atoms with van der Waals surface area (Å²) < 4.78 is 0. The highest BCUT2D eigenvalue weighted by molar-refractivity contribution is 5.98. The van der Waals surface area contributed by atoms with Crippen molar-refractivity contribution >= 4 is 17.5 Å². The van der Waals surface area contributed by atoms with Crippen LogP contribution in [0, 0.1) is 11.3 Å². The maximum absolute atomic E-state index is 12.0. The second-order valence-electron chi connectivity index (χ2n) is 6.28. The van der Waals surface area contributed by atoms with E-state index in [1.54, 1.807) is 24.3 Å². The van der Waals surface area contributed by atoms with Crippen molar-refractivity contribution in [3.05, 3.63) is 29.8 Å². The van der Waals surface area contributed by atoms with Gasteiger partial charge in [0.1, 0.15) is 0 Å². The minimum Gasteiger partial charge on any atom is -0.396 e. The summed E-state index contributed by atoms with van der Waals surface area (Å²) in [6.07, 6.45) is 0. The minimum atomic E-state index is -0.491. The molecule has 0 aliphatic heterocycles. The maximum atomic E-state index is 12.0. The van der Waals surface area contributed by atoms with Crippen LogP contribution in [0.3, 0.4) is 0 Å². The number of hydrogen-bond donors (Lipinski definition) is 3. The van der Waals surface area contributed by atoms with Gasteiger partial charge in [-0.1, -0.05) is 33.8 Å². The number of carbonyl (C=O) groups is 2. The molecule has 116 valence electrons. The van der Waals surface area contributed by atoms with Crippen LogP contribution >= 0.6 is 0 Å². The number of rotatable bonds is 5. The predicted octanol–water partition coefficient (Wildman–Crippen LogP) is 2.03. The van der Waals surface area contributed by atoms with Crippen molar-refractivity contribution in [3.8, 4) is 0 Å². The van der Waals surface area contributed by atoms with Crippen LogP contribution in [0.25, 0.3) is 0 Å². The zero-order valence-corrected chi connectivity index (χ0v) is 13.1. The SMILES string of the molecule is CC(CO)CNC(=O)c1cccc(NC(=O)C(C)(C)C)c1. The molecule has 0 heterocycles. The second-order valence-corrected chi connectivity index (χ2v) is 6.28. The number of anilines is 1. The topological polar surface area (TPSA) is 78.4 Å². The summed E-state index contributed by atoms with van der Waals surface area (Å²) in [5.74, 6) is -0.311. The molecule has 0 bridgehead atoms. The van der Waals surface area contributed by atoms with Gasteiger partial charge in [0.05, 0.1) is 0 Å². The smallest absolute Gasteiger partial charge is 0.251 e. The molecule has 0 aromatic heterocycles. The van der Waals surface area contributed by atoms with Gasteiger partial charge in [-0.3, -0.25) is 9.59 Å². The van der Waals surface area contributed by atoms with Gasteiger partial charge in [-0.05, 0) is 24.1 Å². The molecule has 0 saturated heterocycles. The minimum absolute atomic E-state index is 0.0118. The molecule has 3 N–H and O–H groups in total. The number of hydrogen-bond acceptors (Lipinski definition) is 3. The summed E-state index contributed by atoms with van der Waals surface area (Å²) in [6, 6.07) is 6.80. The van der Waals surface area contributed by atoms with Crippen LogP contribution in [0.1, 0.15) is 38.1 Å². The van der Waals surface area contributed by atoms with Gasteiger partial charge >= 0.3 is 0 Å². The number of carbonyl (C=O) groups excluding carboxylic acids is 2. The van der Waals surface area contributed by atoms with Crippen molar-refractivity contribution in [2.75, 3.05) is 18.5 Å². The third-order valence-corrected chi connectivity index (χ3v) is 2.99. The van der Waals surface area contributed by atoms with E-state index >= 15 is 0 Å². The molecule has 0 aliphatic carbocycles. The molecule has 0 radical (unpaired) electrons. The predicted molar refractivity (Wildman–Crippen MR) is 83.1 cm³/mol. The summed E-state index contributed by atoms with van der Waals surface area (Å²) in [5, 5.41) is 14.5. The van der Waals surface area contributed by atoms with Gasteiger partial charge in [-0.25, -0.2) is 0 Å². The van der Waals surface area contributed by atoms with Gasteiger partial charge in [0.2, 0.25) is 5.91 Å². The summed E-state index contributed by atoms with van der Waals surface area (Å²) in [7, 11) is 0. The van der Waals surface area contributed by atoms with E-state index in [9.17, 15) is 9.59 Å². The van der Waals surface area contributed by atoms with Gasteiger partial charge in [0.25, 0.3) is 5.91 Å². The molecule has 1 unspecified atom stereocenters. The van der Waals surface area contributed by atoms with Crippen LogP contribution in [0.15, 0.2) is 24.3 Å². The fraction of sp³-hybridized carbons (Fsp3) is 0.500. The molecule has 5 nitrogen and oxygen atoms in total. The molecule has 21 heavy (non-hydrogen) atoms. The van der Waals surface area contributed by atoms with Gasteiger partial charge in [0.15, 0.2) is 0 Å². The molecule has 0 saturated carbocycles. The Morgan fingerprint density at radius 1 is 1.29 bits per heavy atom. The number of amides is 2. The molecular weight excluding hydrogens is 268 g/mol. The Morgan fingerprint density at radius 2 is 1.95 bits per heavy atom. The Balaban J connectivity index is 2.72. The molecule has 1 atom stereocenters. The van der Waals surface area contributed by atoms with Gasteiger partial charge in [0, 0.05) is 29.8 Å². The number of nitrogens with one attached hydrogen (secondary N) is 2. The lowest BCUT2D eigenvalue weighted by Gasteiger charge is -2.18. The van der Waals surface area contributed by atoms with Crippen molar-refractivity contribution in [3.63, 3.8) is 0 Å². The quantitative estimate of drug-likeness (QED) is 0.777. The highest BCUT2D eigenvalue weighted by atomic mass is 16.3. The fourth-order valence-corrected chi connectivity index (χ4v) is 1.49. The van der Waals surface area contributed by atoms with Crippen LogP contribution in [0.2, 0.25) is 0 Å². The van der Waals surface area contributed by atoms with Gasteiger partial charge in [-0.2, -0.15) is 0 Å². The standard InChI is InChI=1S/C16H24N2O3/c1-11(10-19)9-17-14(20)12-6-5-7-13(8-12)18-15(21)16(2,3)4/h5-8,11,19H,9-10H2,1-4H3,(H,17,20)(H,18,21). The van der Waals surface area contributed by atoms with Crippen molar-refractivity contribution in [1.82, 2.24) is 5.32 Å². The molecule has 0 spiro atoms. The first-order chi connectivity index (χ1) is 9.74. The van der Waals surface area contributed by atoms with Crippen molar-refractivity contribution < 1.29 is 14.7 Å². The molecule has 0 aliphatic rings. The van der Waals surface area contributed by atoms with E-state index in [0.29, 0.717) is 17.8 Å². The summed E-state index contributed by atoms with van der Waals surface area (Å²) in [4.78, 5) is 23.9. The Kier molecular flexibility index (Phi) is 5.90. The summed E-state index contributed by atoms with van der Waals surface area (Å²) in [5.41, 5.74) is 0.582. The second kappa shape index (κ2) is 7.22. The molecule has 5 heteroatoms. The van der Waals surface area contributed by atoms with E-state index < -0.39 is 5.41 Å². The van der Waals surface area contributed by atoms with E-state index in [0.717, 1.165) is 0 Å². The average molecular weight is 292 g/mol. The Morgan fingerprint density at radius 3 is 2.52 bits per heavy atom. The summed E-state index contributed by atoms with van der Waals surface area (Å²) in [6.45, 7) is 7.77. The number of aliphatic hydroxyl groups excluding tert-OH is 1. The van der Waals surface area contributed by atoms with Crippen molar-refractivity contribution in [1.29, 1.82) is 0 Å². The summed E-state index contributed by atoms with van der Waals surface area (Å²) >= 11 is 0. The first kappa shape index (κ1) is 17.2. The molecular formula is C16H24N2O3. The first-order valence-corrected chi connectivity index (χ1v) is 7.04. The Bertz CT molecular complexity index is 506. The lowest BCUT2D eigenvalue weighted by atomic mass is 9.95. The van der Waals surface area contributed by atoms with Crippen LogP contribution in [0.5, 0.6) is 0 Å². The lowest BCUT2D eigenvalue weighted by Crippen LogP contribution is -2.30. The zero-order valence-electron chi connectivity index (χ0n) is 13.1. The molecule has 0 fully saturated rings. The number of aliphatic hydroxyl groups is 1. The Labute approximate surface area is 125 Å². The van der Waals surface area contributed by atoms with Crippen LogP contribution in [-0.2, 0) is 4.79 Å². The third-order valence-electron chi connectivity index (χ3n) is 2.99. The molecule has 1 aromatic carbocycles. The maximum Gasteiger partial charge on any atom is 0.251 e. The van der Waals surface area contributed by atoms with Crippen molar-refractivity contribution in [2.24, 2.45) is 11.3 Å². The zero-order chi connectivity index (χ0) is 16.0. The monoisotopic (exact) mass is 292 g/mol. The first-order valence-electron chi connectivity index (χ1n) is 7.04. The van der Waals surface area contributed by atoms with E-state index in [1.165, 1.54) is 0 Å². The highest BCUT2D eigenvalue weighted by Gasteiger charge is 2.21. The third kappa shape index (κ3) is 5.55. The van der Waals surface area contributed by atoms with Crippen LogP contribution < -0.4 is 10.6 Å². The van der Waals surface area contributed by atoms with Gasteiger partial charge in [-0.15, -0.1) is 0 Å². The van der Waals surface area contributed by atoms with E-state index in [4.69, 9.17) is 5.11 Å². The largest absolute Gasteiger partial charge is 0.396 e. The molecule has 1 aromatic rings. The number of benzene rings is 1. The average Bonchev–Trinajstić information content (AvgIpc) is 2.43. The molecule has 2 amide bonds. The van der Waals surface area contributed by atoms with E-state index in [2.05, 4.69) is 10.6 Å². The normalized spacial score (nSPS) is 12.6.